The zero-order valence-corrected chi connectivity index (χ0v) is 11.4. The molecule has 1 aliphatic carbocycles. The quantitative estimate of drug-likeness (QED) is 0.662. The Morgan fingerprint density at radius 1 is 1.31 bits per heavy atom. The zero-order valence-electron chi connectivity index (χ0n) is 11.4. The van der Waals surface area contributed by atoms with Crippen LogP contribution in [0.1, 0.15) is 65.7 Å². The maximum Gasteiger partial charge on any atom is 0.0158 e. The second-order valence-corrected chi connectivity index (χ2v) is 5.88. The van der Waals surface area contributed by atoms with Crippen molar-refractivity contribution in [2.45, 2.75) is 71.8 Å². The molecule has 0 heterocycles. The lowest BCUT2D eigenvalue weighted by atomic mass is 9.69. The van der Waals surface area contributed by atoms with E-state index in [1.807, 2.05) is 0 Å². The van der Waals surface area contributed by atoms with E-state index in [-0.39, 0.29) is 0 Å². The first-order valence-electron chi connectivity index (χ1n) is 6.96. The maximum atomic E-state index is 4.09. The van der Waals surface area contributed by atoms with Gasteiger partial charge in [-0.25, -0.2) is 0 Å². The highest BCUT2D eigenvalue weighted by Gasteiger charge is 2.34. The molecule has 0 amide bonds. The van der Waals surface area contributed by atoms with E-state index in [1.165, 1.54) is 44.1 Å². The van der Waals surface area contributed by atoms with E-state index in [9.17, 15) is 0 Å². The predicted molar refractivity (Wildman–Crippen MR) is 72.7 cm³/mol. The fraction of sp³-hybridized carbons (Fsp3) is 0.867. The molecular formula is C15H29N. The van der Waals surface area contributed by atoms with Gasteiger partial charge in [0.1, 0.15) is 0 Å². The Morgan fingerprint density at radius 3 is 2.44 bits per heavy atom. The van der Waals surface area contributed by atoms with Crippen molar-refractivity contribution in [1.29, 1.82) is 0 Å². The predicted octanol–water partition coefficient (Wildman–Crippen LogP) is 4.29. The summed E-state index contributed by atoms with van der Waals surface area (Å²) in [5.74, 6) is 0. The fourth-order valence-electron chi connectivity index (χ4n) is 2.94. The Hall–Kier alpha value is -0.300. The normalized spacial score (nSPS) is 21.7. The highest BCUT2D eigenvalue weighted by atomic mass is 14.9. The van der Waals surface area contributed by atoms with Gasteiger partial charge in [-0.05, 0) is 44.6 Å². The molecule has 1 saturated carbocycles. The molecule has 1 nitrogen and oxygen atoms in total. The average molecular weight is 223 g/mol. The molecule has 1 fully saturated rings. The monoisotopic (exact) mass is 223 g/mol. The van der Waals surface area contributed by atoms with Gasteiger partial charge in [0.05, 0.1) is 0 Å². The highest BCUT2D eigenvalue weighted by molar-refractivity contribution is 5.00. The van der Waals surface area contributed by atoms with Crippen LogP contribution in [-0.2, 0) is 0 Å². The third-order valence-electron chi connectivity index (χ3n) is 4.03. The molecule has 0 aromatic carbocycles. The minimum atomic E-state index is 0.506. The van der Waals surface area contributed by atoms with Gasteiger partial charge < -0.3 is 5.32 Å². The van der Waals surface area contributed by atoms with Crippen LogP contribution in [0, 0.1) is 5.41 Å². The summed E-state index contributed by atoms with van der Waals surface area (Å²) in [6.07, 6.45) is 9.42. The largest absolute Gasteiger partial charge is 0.313 e. The summed E-state index contributed by atoms with van der Waals surface area (Å²) >= 11 is 0. The second kappa shape index (κ2) is 6.44. The van der Waals surface area contributed by atoms with Crippen molar-refractivity contribution in [3.63, 3.8) is 0 Å². The van der Waals surface area contributed by atoms with E-state index in [1.54, 1.807) is 0 Å². The molecule has 0 bridgehead atoms. The Labute approximate surface area is 102 Å². The number of rotatable bonds is 6. The minimum absolute atomic E-state index is 0.506. The van der Waals surface area contributed by atoms with Crippen molar-refractivity contribution in [1.82, 2.24) is 5.32 Å². The Bertz CT molecular complexity index is 213. The van der Waals surface area contributed by atoms with Crippen LogP contribution in [0.15, 0.2) is 12.2 Å². The van der Waals surface area contributed by atoms with Gasteiger partial charge in [-0.1, -0.05) is 38.7 Å². The van der Waals surface area contributed by atoms with Crippen molar-refractivity contribution in [3.8, 4) is 0 Å². The molecule has 0 saturated heterocycles. The molecule has 1 heteroatoms. The summed E-state index contributed by atoms with van der Waals surface area (Å²) in [4.78, 5) is 0. The highest BCUT2D eigenvalue weighted by Crippen LogP contribution is 2.40. The third-order valence-corrected chi connectivity index (χ3v) is 4.03. The fourth-order valence-corrected chi connectivity index (χ4v) is 2.94. The van der Waals surface area contributed by atoms with Gasteiger partial charge in [0, 0.05) is 6.04 Å². The van der Waals surface area contributed by atoms with E-state index in [2.05, 4.69) is 32.7 Å². The summed E-state index contributed by atoms with van der Waals surface area (Å²) < 4.78 is 0. The van der Waals surface area contributed by atoms with Gasteiger partial charge in [0.25, 0.3) is 0 Å². The molecule has 0 aliphatic heterocycles. The summed E-state index contributed by atoms with van der Waals surface area (Å²) in [6.45, 7) is 12.1. The van der Waals surface area contributed by atoms with Gasteiger partial charge in [-0.2, -0.15) is 0 Å². The Balaban J connectivity index is 2.60. The van der Waals surface area contributed by atoms with Crippen molar-refractivity contribution >= 4 is 0 Å². The standard InChI is InChI=1S/C15H29N/c1-5-11-16-14(12-13(2)3)15(4)9-7-6-8-10-15/h14,16H,2,5-12H2,1,3-4H3. The molecule has 94 valence electrons. The SMILES string of the molecule is C=C(C)CC(NCCC)C1(C)CCCCC1. The lowest BCUT2D eigenvalue weighted by molar-refractivity contribution is 0.143. The van der Waals surface area contributed by atoms with Crippen LogP contribution in [0.2, 0.25) is 0 Å². The number of hydrogen-bond donors (Lipinski definition) is 1. The van der Waals surface area contributed by atoms with Crippen molar-refractivity contribution in [3.05, 3.63) is 12.2 Å². The smallest absolute Gasteiger partial charge is 0.0158 e. The van der Waals surface area contributed by atoms with Gasteiger partial charge in [-0.15, -0.1) is 6.58 Å². The molecule has 16 heavy (non-hydrogen) atoms. The van der Waals surface area contributed by atoms with Gasteiger partial charge in [0.2, 0.25) is 0 Å². The number of hydrogen-bond acceptors (Lipinski definition) is 1. The molecule has 1 N–H and O–H groups in total. The summed E-state index contributed by atoms with van der Waals surface area (Å²) in [5, 5.41) is 3.75. The zero-order chi connectivity index (χ0) is 12.0. The lowest BCUT2D eigenvalue weighted by Crippen LogP contribution is -2.45. The summed E-state index contributed by atoms with van der Waals surface area (Å²) in [5.41, 5.74) is 1.83. The van der Waals surface area contributed by atoms with E-state index >= 15 is 0 Å². The number of nitrogens with one attached hydrogen (secondary N) is 1. The van der Waals surface area contributed by atoms with Crippen molar-refractivity contribution in [2.75, 3.05) is 6.54 Å². The van der Waals surface area contributed by atoms with E-state index < -0.39 is 0 Å². The van der Waals surface area contributed by atoms with Crippen LogP contribution in [0.3, 0.4) is 0 Å². The molecule has 0 spiro atoms. The van der Waals surface area contributed by atoms with Crippen LogP contribution in [0.25, 0.3) is 0 Å². The van der Waals surface area contributed by atoms with Crippen molar-refractivity contribution < 1.29 is 0 Å². The van der Waals surface area contributed by atoms with Gasteiger partial charge in [0.15, 0.2) is 0 Å². The van der Waals surface area contributed by atoms with Crippen LogP contribution >= 0.6 is 0 Å². The van der Waals surface area contributed by atoms with Crippen LogP contribution in [-0.4, -0.2) is 12.6 Å². The van der Waals surface area contributed by atoms with Gasteiger partial charge >= 0.3 is 0 Å². The van der Waals surface area contributed by atoms with Crippen LogP contribution < -0.4 is 5.32 Å². The second-order valence-electron chi connectivity index (χ2n) is 5.88. The molecule has 1 rings (SSSR count). The van der Waals surface area contributed by atoms with E-state index in [0.717, 1.165) is 13.0 Å². The van der Waals surface area contributed by atoms with Crippen molar-refractivity contribution in [2.24, 2.45) is 5.41 Å². The summed E-state index contributed by atoms with van der Waals surface area (Å²) in [7, 11) is 0. The topological polar surface area (TPSA) is 12.0 Å². The Morgan fingerprint density at radius 2 is 1.94 bits per heavy atom. The van der Waals surface area contributed by atoms with Gasteiger partial charge in [-0.3, -0.25) is 0 Å². The van der Waals surface area contributed by atoms with Crippen LogP contribution in [0.5, 0.6) is 0 Å². The maximum absolute atomic E-state index is 4.09. The first-order valence-corrected chi connectivity index (χ1v) is 6.96. The first kappa shape index (κ1) is 13.8. The third kappa shape index (κ3) is 3.93. The van der Waals surface area contributed by atoms with E-state index in [0.29, 0.717) is 11.5 Å². The molecule has 1 unspecified atom stereocenters. The lowest BCUT2D eigenvalue weighted by Gasteiger charge is -2.41. The molecule has 0 aromatic rings. The molecule has 0 aromatic heterocycles. The van der Waals surface area contributed by atoms with E-state index in [4.69, 9.17) is 0 Å². The minimum Gasteiger partial charge on any atom is -0.313 e. The summed E-state index contributed by atoms with van der Waals surface area (Å²) in [6, 6.07) is 0.644. The first-order chi connectivity index (χ1) is 7.58. The molecule has 1 aliphatic rings. The average Bonchev–Trinajstić information content (AvgIpc) is 2.24. The molecular weight excluding hydrogens is 194 g/mol. The molecule has 1 atom stereocenters. The molecule has 0 radical (unpaired) electrons. The van der Waals surface area contributed by atoms with Crippen LogP contribution in [0.4, 0.5) is 0 Å². The Kier molecular flexibility index (Phi) is 5.54.